The van der Waals surface area contributed by atoms with Crippen LogP contribution in [0.15, 0.2) is 72.0 Å². The zero-order valence-electron chi connectivity index (χ0n) is 18.0. The van der Waals surface area contributed by atoms with E-state index in [2.05, 4.69) is 41.5 Å². The monoisotopic (exact) mass is 430 g/mol. The van der Waals surface area contributed by atoms with Gasteiger partial charge in [-0.05, 0) is 49.6 Å². The summed E-state index contributed by atoms with van der Waals surface area (Å²) >= 11 is 1.63. The molecule has 5 nitrogen and oxygen atoms in total. The number of imidazole rings is 1. The van der Waals surface area contributed by atoms with E-state index in [-0.39, 0.29) is 5.91 Å². The fourth-order valence-electron chi connectivity index (χ4n) is 3.54. The summed E-state index contributed by atoms with van der Waals surface area (Å²) in [5.74, 6) is 0.721. The molecule has 0 fully saturated rings. The van der Waals surface area contributed by atoms with E-state index in [1.807, 2.05) is 54.8 Å². The van der Waals surface area contributed by atoms with Crippen molar-refractivity contribution in [2.75, 3.05) is 5.32 Å². The third kappa shape index (κ3) is 4.64. The molecule has 2 aromatic carbocycles. The molecular weight excluding hydrogens is 404 g/mol. The largest absolute Gasteiger partial charge is 0.324 e. The van der Waals surface area contributed by atoms with Gasteiger partial charge in [-0.15, -0.1) is 0 Å². The van der Waals surface area contributed by atoms with Crippen LogP contribution in [0, 0.1) is 13.8 Å². The number of amides is 1. The SMILES string of the molecule is CCC(C(=O)Nc1ccccc1C)n1c(SCc2ccc(C)cc2)nc2cccnc21. The van der Waals surface area contributed by atoms with E-state index in [1.54, 1.807) is 18.0 Å². The van der Waals surface area contributed by atoms with Crippen molar-refractivity contribution in [3.63, 3.8) is 0 Å². The highest BCUT2D eigenvalue weighted by Gasteiger charge is 2.25. The molecule has 2 aromatic heterocycles. The van der Waals surface area contributed by atoms with Gasteiger partial charge in [0.05, 0.1) is 0 Å². The number of hydrogen-bond acceptors (Lipinski definition) is 4. The number of thioether (sulfide) groups is 1. The highest BCUT2D eigenvalue weighted by molar-refractivity contribution is 7.98. The first-order valence-corrected chi connectivity index (χ1v) is 11.4. The van der Waals surface area contributed by atoms with E-state index in [0.717, 1.165) is 33.3 Å². The molecule has 0 aliphatic heterocycles. The Hall–Kier alpha value is -3.12. The minimum Gasteiger partial charge on any atom is -0.324 e. The van der Waals surface area contributed by atoms with E-state index in [4.69, 9.17) is 4.98 Å². The smallest absolute Gasteiger partial charge is 0.247 e. The molecule has 1 unspecified atom stereocenters. The fourth-order valence-corrected chi connectivity index (χ4v) is 4.54. The zero-order chi connectivity index (χ0) is 21.8. The Kier molecular flexibility index (Phi) is 6.37. The molecule has 0 spiro atoms. The molecule has 0 aliphatic carbocycles. The van der Waals surface area contributed by atoms with Gasteiger partial charge in [-0.25, -0.2) is 9.97 Å². The van der Waals surface area contributed by atoms with Crippen LogP contribution in [-0.4, -0.2) is 20.4 Å². The lowest BCUT2D eigenvalue weighted by molar-refractivity contribution is -0.119. The van der Waals surface area contributed by atoms with Gasteiger partial charge in [-0.2, -0.15) is 0 Å². The number of nitrogens with zero attached hydrogens (tertiary/aromatic N) is 3. The molecule has 31 heavy (non-hydrogen) atoms. The number of pyridine rings is 1. The Bertz CT molecular complexity index is 1200. The van der Waals surface area contributed by atoms with Gasteiger partial charge in [0, 0.05) is 17.6 Å². The van der Waals surface area contributed by atoms with Crippen molar-refractivity contribution >= 4 is 34.5 Å². The molecule has 1 atom stereocenters. The summed E-state index contributed by atoms with van der Waals surface area (Å²) in [6, 6.07) is 19.7. The van der Waals surface area contributed by atoms with E-state index in [9.17, 15) is 4.79 Å². The lowest BCUT2D eigenvalue weighted by Gasteiger charge is -2.20. The van der Waals surface area contributed by atoms with Crippen molar-refractivity contribution in [3.8, 4) is 0 Å². The summed E-state index contributed by atoms with van der Waals surface area (Å²) in [5, 5.41) is 3.90. The molecule has 4 aromatic rings. The second-order valence-corrected chi connectivity index (χ2v) is 8.56. The Morgan fingerprint density at radius 3 is 2.58 bits per heavy atom. The van der Waals surface area contributed by atoms with Crippen LogP contribution in [0.1, 0.15) is 36.1 Å². The van der Waals surface area contributed by atoms with Crippen molar-refractivity contribution in [2.45, 2.75) is 44.1 Å². The predicted molar refractivity (Wildman–Crippen MR) is 127 cm³/mol. The molecule has 6 heteroatoms. The number of fused-ring (bicyclic) bond motifs is 1. The third-order valence-electron chi connectivity index (χ3n) is 5.31. The minimum absolute atomic E-state index is 0.0565. The van der Waals surface area contributed by atoms with E-state index < -0.39 is 6.04 Å². The van der Waals surface area contributed by atoms with E-state index in [0.29, 0.717) is 6.42 Å². The normalized spacial score (nSPS) is 12.1. The lowest BCUT2D eigenvalue weighted by atomic mass is 10.1. The van der Waals surface area contributed by atoms with Crippen molar-refractivity contribution in [1.29, 1.82) is 0 Å². The first kappa shape index (κ1) is 21.1. The molecule has 1 N–H and O–H groups in total. The van der Waals surface area contributed by atoms with Crippen molar-refractivity contribution in [1.82, 2.24) is 14.5 Å². The number of aromatic nitrogens is 3. The molecular formula is C25H26N4OS. The summed E-state index contributed by atoms with van der Waals surface area (Å²) in [6.07, 6.45) is 2.39. The molecule has 0 saturated carbocycles. The zero-order valence-corrected chi connectivity index (χ0v) is 18.8. The maximum absolute atomic E-state index is 13.3. The molecule has 0 saturated heterocycles. The summed E-state index contributed by atoms with van der Waals surface area (Å²) in [4.78, 5) is 22.7. The first-order valence-electron chi connectivity index (χ1n) is 10.4. The number of para-hydroxylation sites is 1. The molecule has 4 rings (SSSR count). The number of nitrogens with one attached hydrogen (secondary N) is 1. The first-order chi connectivity index (χ1) is 15.1. The molecule has 0 aliphatic rings. The van der Waals surface area contributed by atoms with Crippen LogP contribution in [0.3, 0.4) is 0 Å². The Morgan fingerprint density at radius 2 is 1.84 bits per heavy atom. The molecule has 0 bridgehead atoms. The Balaban J connectivity index is 1.66. The fraction of sp³-hybridized carbons (Fsp3) is 0.240. The topological polar surface area (TPSA) is 59.8 Å². The van der Waals surface area contributed by atoms with Gasteiger partial charge in [0.1, 0.15) is 11.6 Å². The summed E-state index contributed by atoms with van der Waals surface area (Å²) in [5.41, 5.74) is 5.87. The van der Waals surface area contributed by atoms with E-state index in [1.165, 1.54) is 11.1 Å². The van der Waals surface area contributed by atoms with Crippen molar-refractivity contribution in [3.05, 3.63) is 83.6 Å². The van der Waals surface area contributed by atoms with Crippen LogP contribution in [-0.2, 0) is 10.5 Å². The summed E-state index contributed by atoms with van der Waals surface area (Å²) < 4.78 is 1.99. The minimum atomic E-state index is -0.403. The van der Waals surface area contributed by atoms with Crippen molar-refractivity contribution < 1.29 is 4.79 Å². The number of carbonyl (C=O) groups excluding carboxylic acids is 1. The molecule has 2 heterocycles. The van der Waals surface area contributed by atoms with Crippen LogP contribution >= 0.6 is 11.8 Å². The predicted octanol–water partition coefficient (Wildman–Crippen LogP) is 5.93. The maximum atomic E-state index is 13.3. The number of benzene rings is 2. The second kappa shape index (κ2) is 9.35. The quantitative estimate of drug-likeness (QED) is 0.369. The van der Waals surface area contributed by atoms with Gasteiger partial charge >= 0.3 is 0 Å². The second-order valence-electron chi connectivity index (χ2n) is 7.61. The number of aryl methyl sites for hydroxylation is 2. The highest BCUT2D eigenvalue weighted by Crippen LogP contribution is 2.31. The van der Waals surface area contributed by atoms with Crippen LogP contribution in [0.5, 0.6) is 0 Å². The average Bonchev–Trinajstić information content (AvgIpc) is 3.14. The summed E-state index contributed by atoms with van der Waals surface area (Å²) in [7, 11) is 0. The standard InChI is InChI=1S/C25H26N4OS/c1-4-22(24(30)27-20-9-6-5-8-18(20)3)29-23-21(10-7-15-26-23)28-25(29)31-16-19-13-11-17(2)12-14-19/h5-15,22H,4,16H2,1-3H3,(H,27,30). The average molecular weight is 431 g/mol. The van der Waals surface area contributed by atoms with Crippen LogP contribution in [0.4, 0.5) is 5.69 Å². The Labute approximate surface area is 186 Å². The van der Waals surface area contributed by atoms with Gasteiger partial charge in [-0.1, -0.05) is 66.7 Å². The van der Waals surface area contributed by atoms with Crippen LogP contribution in [0.2, 0.25) is 0 Å². The number of rotatable bonds is 7. The molecule has 0 radical (unpaired) electrons. The van der Waals surface area contributed by atoms with Gasteiger partial charge in [0.25, 0.3) is 0 Å². The van der Waals surface area contributed by atoms with Gasteiger partial charge in [0.2, 0.25) is 5.91 Å². The van der Waals surface area contributed by atoms with E-state index >= 15 is 0 Å². The van der Waals surface area contributed by atoms with Crippen LogP contribution < -0.4 is 5.32 Å². The summed E-state index contributed by atoms with van der Waals surface area (Å²) in [6.45, 7) is 6.10. The van der Waals surface area contributed by atoms with Crippen molar-refractivity contribution in [2.24, 2.45) is 0 Å². The van der Waals surface area contributed by atoms with Crippen LogP contribution in [0.25, 0.3) is 11.2 Å². The lowest BCUT2D eigenvalue weighted by Crippen LogP contribution is -2.26. The van der Waals surface area contributed by atoms with Gasteiger partial charge in [0.15, 0.2) is 10.8 Å². The highest BCUT2D eigenvalue weighted by atomic mass is 32.2. The molecule has 158 valence electrons. The number of carbonyl (C=O) groups is 1. The Morgan fingerprint density at radius 1 is 1.06 bits per heavy atom. The maximum Gasteiger partial charge on any atom is 0.247 e. The van der Waals surface area contributed by atoms with Gasteiger partial charge in [-0.3, -0.25) is 9.36 Å². The molecule has 1 amide bonds. The number of hydrogen-bond donors (Lipinski definition) is 1. The number of anilines is 1. The van der Waals surface area contributed by atoms with Gasteiger partial charge < -0.3 is 5.32 Å². The third-order valence-corrected chi connectivity index (χ3v) is 6.33.